The van der Waals surface area contributed by atoms with Gasteiger partial charge < -0.3 is 5.32 Å². The maximum atomic E-state index is 13.3. The summed E-state index contributed by atoms with van der Waals surface area (Å²) in [5, 5.41) is 4.37. The van der Waals surface area contributed by atoms with Gasteiger partial charge in [0, 0.05) is 5.69 Å². The van der Waals surface area contributed by atoms with Gasteiger partial charge in [-0.25, -0.2) is 12.8 Å². The van der Waals surface area contributed by atoms with Gasteiger partial charge in [-0.1, -0.05) is 12.1 Å². The molecular formula is C20H19FN2O3S2. The van der Waals surface area contributed by atoms with Crippen LogP contribution in [-0.2, 0) is 14.8 Å². The summed E-state index contributed by atoms with van der Waals surface area (Å²) in [5.74, 6) is -0.982. The topological polar surface area (TPSA) is 66.5 Å². The number of aryl methyl sites for hydroxylation is 2. The predicted octanol–water partition coefficient (Wildman–Crippen LogP) is 4.34. The van der Waals surface area contributed by atoms with Gasteiger partial charge in [-0.3, -0.25) is 9.10 Å². The van der Waals surface area contributed by atoms with Gasteiger partial charge in [0.05, 0.1) is 5.69 Å². The number of hydrogen-bond acceptors (Lipinski definition) is 4. The van der Waals surface area contributed by atoms with Crippen LogP contribution in [0.4, 0.5) is 15.8 Å². The second kappa shape index (κ2) is 8.12. The fraction of sp³-hybridized carbons (Fsp3) is 0.150. The standard InChI is InChI=1S/C20H19FN2O3S2/c1-14-5-8-17(12-15(14)2)22-19(24)13-23(18-9-6-16(21)7-10-18)28(25,26)20-4-3-11-27-20/h3-12H,13H2,1-2H3,(H,22,24). The van der Waals surface area contributed by atoms with Crippen molar-refractivity contribution in [1.82, 2.24) is 0 Å². The van der Waals surface area contributed by atoms with E-state index in [1.165, 1.54) is 18.2 Å². The number of anilines is 2. The zero-order valence-corrected chi connectivity index (χ0v) is 17.0. The minimum absolute atomic E-state index is 0.107. The zero-order valence-electron chi connectivity index (χ0n) is 15.3. The van der Waals surface area contributed by atoms with Gasteiger partial charge in [0.15, 0.2) is 0 Å². The quantitative estimate of drug-likeness (QED) is 0.648. The molecule has 1 aromatic heterocycles. The minimum Gasteiger partial charge on any atom is -0.325 e. The lowest BCUT2D eigenvalue weighted by Crippen LogP contribution is -2.37. The molecule has 146 valence electrons. The van der Waals surface area contributed by atoms with Gasteiger partial charge in [-0.05, 0) is 72.8 Å². The molecule has 0 aliphatic carbocycles. The molecule has 2 aromatic carbocycles. The van der Waals surface area contributed by atoms with Gasteiger partial charge in [-0.2, -0.15) is 0 Å². The number of halogens is 1. The predicted molar refractivity (Wildman–Crippen MR) is 110 cm³/mol. The van der Waals surface area contributed by atoms with Crippen LogP contribution in [0.2, 0.25) is 0 Å². The van der Waals surface area contributed by atoms with Crippen molar-refractivity contribution in [1.29, 1.82) is 0 Å². The molecule has 0 bridgehead atoms. The van der Waals surface area contributed by atoms with E-state index in [4.69, 9.17) is 0 Å². The molecule has 28 heavy (non-hydrogen) atoms. The van der Waals surface area contributed by atoms with Crippen molar-refractivity contribution in [3.63, 3.8) is 0 Å². The van der Waals surface area contributed by atoms with E-state index in [2.05, 4.69) is 5.32 Å². The molecule has 0 saturated carbocycles. The Labute approximate surface area is 167 Å². The maximum Gasteiger partial charge on any atom is 0.274 e. The highest BCUT2D eigenvalue weighted by molar-refractivity contribution is 7.94. The van der Waals surface area contributed by atoms with E-state index >= 15 is 0 Å². The number of nitrogens with one attached hydrogen (secondary N) is 1. The van der Waals surface area contributed by atoms with Gasteiger partial charge in [0.25, 0.3) is 10.0 Å². The van der Waals surface area contributed by atoms with Crippen molar-refractivity contribution in [3.8, 4) is 0 Å². The molecule has 0 aliphatic rings. The van der Waals surface area contributed by atoms with Crippen LogP contribution in [0.25, 0.3) is 0 Å². The molecule has 1 amide bonds. The second-order valence-corrected chi connectivity index (χ2v) is 9.30. The van der Waals surface area contributed by atoms with Gasteiger partial charge in [0.1, 0.15) is 16.6 Å². The molecule has 0 radical (unpaired) electrons. The highest BCUT2D eigenvalue weighted by Crippen LogP contribution is 2.27. The third-order valence-electron chi connectivity index (χ3n) is 4.23. The highest BCUT2D eigenvalue weighted by atomic mass is 32.2. The van der Waals surface area contributed by atoms with E-state index in [9.17, 15) is 17.6 Å². The highest BCUT2D eigenvalue weighted by Gasteiger charge is 2.28. The molecule has 0 fully saturated rings. The Bertz CT molecular complexity index is 1080. The number of rotatable bonds is 6. The van der Waals surface area contributed by atoms with Crippen LogP contribution in [0.5, 0.6) is 0 Å². The Morgan fingerprint density at radius 2 is 1.79 bits per heavy atom. The Morgan fingerprint density at radius 3 is 2.39 bits per heavy atom. The first-order chi connectivity index (χ1) is 13.3. The molecule has 3 aromatic rings. The van der Waals surface area contributed by atoms with Crippen molar-refractivity contribution in [2.24, 2.45) is 0 Å². The van der Waals surface area contributed by atoms with Crippen LogP contribution in [0.1, 0.15) is 11.1 Å². The lowest BCUT2D eigenvalue weighted by Gasteiger charge is -2.23. The molecule has 0 aliphatic heterocycles. The molecule has 0 atom stereocenters. The van der Waals surface area contributed by atoms with Crippen molar-refractivity contribution >= 4 is 38.6 Å². The number of amides is 1. The lowest BCUT2D eigenvalue weighted by atomic mass is 10.1. The minimum atomic E-state index is -3.96. The third-order valence-corrected chi connectivity index (χ3v) is 7.38. The van der Waals surface area contributed by atoms with Crippen molar-refractivity contribution in [2.45, 2.75) is 18.1 Å². The number of hydrogen-bond donors (Lipinski definition) is 1. The average Bonchev–Trinajstić information content (AvgIpc) is 3.19. The molecule has 5 nitrogen and oxygen atoms in total. The lowest BCUT2D eigenvalue weighted by molar-refractivity contribution is -0.114. The molecule has 0 spiro atoms. The summed E-state index contributed by atoms with van der Waals surface area (Å²) in [6, 6.07) is 13.5. The summed E-state index contributed by atoms with van der Waals surface area (Å²) < 4.78 is 40.4. The third kappa shape index (κ3) is 4.40. The van der Waals surface area contributed by atoms with Crippen LogP contribution in [0.15, 0.2) is 64.2 Å². The Balaban J connectivity index is 1.89. The van der Waals surface area contributed by atoms with E-state index in [0.29, 0.717) is 5.69 Å². The van der Waals surface area contributed by atoms with Crippen LogP contribution >= 0.6 is 11.3 Å². The van der Waals surface area contributed by atoms with Crippen molar-refractivity contribution < 1.29 is 17.6 Å². The second-order valence-electron chi connectivity index (χ2n) is 6.27. The smallest absolute Gasteiger partial charge is 0.274 e. The first-order valence-corrected chi connectivity index (χ1v) is 10.8. The number of nitrogens with zero attached hydrogens (tertiary/aromatic N) is 1. The molecule has 8 heteroatoms. The fourth-order valence-electron chi connectivity index (χ4n) is 2.59. The summed E-state index contributed by atoms with van der Waals surface area (Å²) in [6.45, 7) is 3.46. The number of sulfonamides is 1. The molecule has 3 rings (SSSR count). The first kappa shape index (κ1) is 20.0. The summed E-state index contributed by atoms with van der Waals surface area (Å²) >= 11 is 1.06. The van der Waals surface area contributed by atoms with Crippen LogP contribution in [0, 0.1) is 19.7 Å². The van der Waals surface area contributed by atoms with Gasteiger partial charge in [0.2, 0.25) is 5.91 Å². The molecular weight excluding hydrogens is 399 g/mol. The average molecular weight is 419 g/mol. The van der Waals surface area contributed by atoms with E-state index < -0.39 is 28.3 Å². The number of thiophene rings is 1. The summed E-state index contributed by atoms with van der Waals surface area (Å²) in [7, 11) is -3.96. The van der Waals surface area contributed by atoms with Gasteiger partial charge in [-0.15, -0.1) is 11.3 Å². The van der Waals surface area contributed by atoms with E-state index in [1.54, 1.807) is 17.5 Å². The molecule has 1 N–H and O–H groups in total. The Morgan fingerprint density at radius 1 is 1.07 bits per heavy atom. The molecule has 1 heterocycles. The van der Waals surface area contributed by atoms with Crippen LogP contribution in [0.3, 0.4) is 0 Å². The van der Waals surface area contributed by atoms with Crippen molar-refractivity contribution in [3.05, 3.63) is 76.9 Å². The Kier molecular flexibility index (Phi) is 5.81. The molecule has 0 unspecified atom stereocenters. The van der Waals surface area contributed by atoms with E-state index in [0.717, 1.165) is 38.9 Å². The van der Waals surface area contributed by atoms with Crippen LogP contribution in [-0.4, -0.2) is 20.9 Å². The number of benzene rings is 2. The monoisotopic (exact) mass is 418 g/mol. The van der Waals surface area contributed by atoms with Crippen molar-refractivity contribution in [2.75, 3.05) is 16.2 Å². The first-order valence-electron chi connectivity index (χ1n) is 8.46. The number of carbonyl (C=O) groups is 1. The number of carbonyl (C=O) groups excluding carboxylic acids is 1. The van der Waals surface area contributed by atoms with Crippen LogP contribution < -0.4 is 9.62 Å². The molecule has 0 saturated heterocycles. The zero-order chi connectivity index (χ0) is 20.3. The maximum absolute atomic E-state index is 13.3. The van der Waals surface area contributed by atoms with E-state index in [-0.39, 0.29) is 9.90 Å². The summed E-state index contributed by atoms with van der Waals surface area (Å²) in [4.78, 5) is 12.6. The Hall–Kier alpha value is -2.71. The normalized spacial score (nSPS) is 11.2. The summed E-state index contributed by atoms with van der Waals surface area (Å²) in [6.07, 6.45) is 0. The fourth-order valence-corrected chi connectivity index (χ4v) is 5.12. The largest absolute Gasteiger partial charge is 0.325 e. The summed E-state index contributed by atoms with van der Waals surface area (Å²) in [5.41, 5.74) is 2.90. The SMILES string of the molecule is Cc1ccc(NC(=O)CN(c2ccc(F)cc2)S(=O)(=O)c2cccs2)cc1C. The van der Waals surface area contributed by atoms with Gasteiger partial charge >= 0.3 is 0 Å². The van der Waals surface area contributed by atoms with E-state index in [1.807, 2.05) is 26.0 Å².